The topological polar surface area (TPSA) is 41.1 Å². The number of halogens is 2. The number of hydrogen-bond donors (Lipinski definition) is 2. The van der Waals surface area contributed by atoms with Gasteiger partial charge in [0.2, 0.25) is 0 Å². The number of anilines is 2. The number of amides is 1. The fourth-order valence-electron chi connectivity index (χ4n) is 2.09. The number of hydrogen-bond acceptors (Lipinski definition) is 2. The molecular weight excluding hydrogens is 358 g/mol. The lowest BCUT2D eigenvalue weighted by Gasteiger charge is -2.13. The SMILES string of the molecule is O=C1Nc2ccc(F)cc2C1Nc1ccc(I)cc1. The molecule has 0 spiro atoms. The maximum Gasteiger partial charge on any atom is 0.251 e. The molecule has 0 radical (unpaired) electrons. The molecule has 2 aromatic rings. The van der Waals surface area contributed by atoms with E-state index < -0.39 is 6.04 Å². The van der Waals surface area contributed by atoms with Crippen LogP contribution in [0.2, 0.25) is 0 Å². The zero-order valence-corrected chi connectivity index (χ0v) is 11.9. The summed E-state index contributed by atoms with van der Waals surface area (Å²) in [5, 5.41) is 5.86. The van der Waals surface area contributed by atoms with Gasteiger partial charge < -0.3 is 10.6 Å². The van der Waals surface area contributed by atoms with E-state index in [1.165, 1.54) is 12.1 Å². The second-order valence-corrected chi connectivity index (χ2v) is 5.55. The number of carbonyl (C=O) groups excluding carboxylic acids is 1. The Hall–Kier alpha value is -1.63. The van der Waals surface area contributed by atoms with Crippen LogP contribution in [0.3, 0.4) is 0 Å². The molecule has 0 saturated heterocycles. The van der Waals surface area contributed by atoms with E-state index in [2.05, 4.69) is 33.2 Å². The standard InChI is InChI=1S/C14H10FIN2O/c15-8-1-6-12-11(7-8)13(14(19)18-12)17-10-4-2-9(16)3-5-10/h1-7,13,17H,(H,18,19). The largest absolute Gasteiger partial charge is 0.370 e. The minimum Gasteiger partial charge on any atom is -0.370 e. The third kappa shape index (κ3) is 2.42. The fourth-order valence-corrected chi connectivity index (χ4v) is 2.45. The van der Waals surface area contributed by atoms with Crippen molar-refractivity contribution in [2.75, 3.05) is 10.6 Å². The Morgan fingerprint density at radius 3 is 2.63 bits per heavy atom. The van der Waals surface area contributed by atoms with Gasteiger partial charge in [-0.25, -0.2) is 4.39 Å². The van der Waals surface area contributed by atoms with E-state index in [0.29, 0.717) is 11.3 Å². The summed E-state index contributed by atoms with van der Waals surface area (Å²) >= 11 is 2.21. The first kappa shape index (κ1) is 12.4. The van der Waals surface area contributed by atoms with Crippen LogP contribution >= 0.6 is 22.6 Å². The van der Waals surface area contributed by atoms with Crippen LogP contribution in [0.15, 0.2) is 42.5 Å². The molecule has 96 valence electrons. The van der Waals surface area contributed by atoms with Gasteiger partial charge in [-0.05, 0) is 65.1 Å². The van der Waals surface area contributed by atoms with Crippen molar-refractivity contribution in [1.82, 2.24) is 0 Å². The Kier molecular flexibility index (Phi) is 3.14. The van der Waals surface area contributed by atoms with Gasteiger partial charge in [0.25, 0.3) is 5.91 Å². The smallest absolute Gasteiger partial charge is 0.251 e. The number of carbonyl (C=O) groups is 1. The van der Waals surface area contributed by atoms with Crippen LogP contribution in [0, 0.1) is 9.39 Å². The lowest BCUT2D eigenvalue weighted by molar-refractivity contribution is -0.116. The zero-order valence-electron chi connectivity index (χ0n) is 9.78. The monoisotopic (exact) mass is 368 g/mol. The van der Waals surface area contributed by atoms with Crippen LogP contribution in [-0.2, 0) is 4.79 Å². The lowest BCUT2D eigenvalue weighted by atomic mass is 10.1. The third-order valence-corrected chi connectivity index (χ3v) is 3.72. The molecule has 2 aromatic carbocycles. The van der Waals surface area contributed by atoms with Crippen molar-refractivity contribution in [1.29, 1.82) is 0 Å². The molecule has 0 aliphatic carbocycles. The summed E-state index contributed by atoms with van der Waals surface area (Å²) in [6.07, 6.45) is 0. The average molecular weight is 368 g/mol. The third-order valence-electron chi connectivity index (χ3n) is 3.00. The molecule has 0 saturated carbocycles. The molecule has 1 heterocycles. The fraction of sp³-hybridized carbons (Fsp3) is 0.0714. The van der Waals surface area contributed by atoms with Gasteiger partial charge in [0.05, 0.1) is 0 Å². The summed E-state index contributed by atoms with van der Waals surface area (Å²) in [5.74, 6) is -0.510. The molecule has 1 amide bonds. The van der Waals surface area contributed by atoms with E-state index in [1.54, 1.807) is 6.07 Å². The van der Waals surface area contributed by atoms with Gasteiger partial charge in [-0.2, -0.15) is 0 Å². The molecule has 2 N–H and O–H groups in total. The van der Waals surface area contributed by atoms with Gasteiger partial charge in [-0.1, -0.05) is 0 Å². The van der Waals surface area contributed by atoms with Crippen LogP contribution in [0.4, 0.5) is 15.8 Å². The van der Waals surface area contributed by atoms with Gasteiger partial charge in [-0.3, -0.25) is 4.79 Å². The van der Waals surface area contributed by atoms with Crippen LogP contribution in [-0.4, -0.2) is 5.91 Å². The summed E-state index contributed by atoms with van der Waals surface area (Å²) < 4.78 is 14.4. The van der Waals surface area contributed by atoms with E-state index in [4.69, 9.17) is 0 Å². The van der Waals surface area contributed by atoms with Gasteiger partial charge in [0.1, 0.15) is 11.9 Å². The minimum absolute atomic E-state index is 0.167. The summed E-state index contributed by atoms with van der Waals surface area (Å²) in [4.78, 5) is 11.9. The molecule has 0 fully saturated rings. The first-order chi connectivity index (χ1) is 9.13. The van der Waals surface area contributed by atoms with E-state index in [0.717, 1.165) is 9.26 Å². The Labute approximate surface area is 123 Å². The van der Waals surface area contributed by atoms with Crippen molar-refractivity contribution < 1.29 is 9.18 Å². The van der Waals surface area contributed by atoms with Crippen LogP contribution in [0.25, 0.3) is 0 Å². The Morgan fingerprint density at radius 1 is 1.16 bits per heavy atom. The van der Waals surface area contributed by atoms with Crippen molar-refractivity contribution >= 4 is 39.9 Å². The number of fused-ring (bicyclic) bond motifs is 1. The van der Waals surface area contributed by atoms with Crippen molar-refractivity contribution in [2.24, 2.45) is 0 Å². The van der Waals surface area contributed by atoms with Crippen LogP contribution < -0.4 is 10.6 Å². The molecular formula is C14H10FIN2O. The number of nitrogens with one attached hydrogen (secondary N) is 2. The highest BCUT2D eigenvalue weighted by Crippen LogP contribution is 2.33. The molecule has 1 aliphatic rings. The molecule has 19 heavy (non-hydrogen) atoms. The predicted octanol–water partition coefficient (Wildman–Crippen LogP) is 3.54. The Bertz CT molecular complexity index is 642. The molecule has 1 atom stereocenters. The summed E-state index contributed by atoms with van der Waals surface area (Å²) in [5.41, 5.74) is 2.13. The highest BCUT2D eigenvalue weighted by Gasteiger charge is 2.30. The number of benzene rings is 2. The van der Waals surface area contributed by atoms with Gasteiger partial charge >= 0.3 is 0 Å². The summed E-state index contributed by atoms with van der Waals surface area (Å²) in [7, 11) is 0. The normalized spacial score (nSPS) is 16.9. The molecule has 3 rings (SSSR count). The molecule has 3 nitrogen and oxygen atoms in total. The first-order valence-corrected chi connectivity index (χ1v) is 6.84. The zero-order chi connectivity index (χ0) is 13.4. The maximum absolute atomic E-state index is 13.3. The molecule has 5 heteroatoms. The van der Waals surface area contributed by atoms with Crippen molar-refractivity contribution in [3.05, 3.63) is 57.4 Å². The lowest BCUT2D eigenvalue weighted by Crippen LogP contribution is -2.19. The Balaban J connectivity index is 1.91. The minimum atomic E-state index is -0.550. The molecule has 0 aromatic heterocycles. The van der Waals surface area contributed by atoms with E-state index >= 15 is 0 Å². The first-order valence-electron chi connectivity index (χ1n) is 5.76. The van der Waals surface area contributed by atoms with Gasteiger partial charge in [-0.15, -0.1) is 0 Å². The van der Waals surface area contributed by atoms with Crippen LogP contribution in [0.5, 0.6) is 0 Å². The van der Waals surface area contributed by atoms with Crippen molar-refractivity contribution in [3.8, 4) is 0 Å². The molecule has 0 bridgehead atoms. The summed E-state index contributed by atoms with van der Waals surface area (Å²) in [6.45, 7) is 0. The second kappa shape index (κ2) is 4.80. The second-order valence-electron chi connectivity index (χ2n) is 4.31. The predicted molar refractivity (Wildman–Crippen MR) is 80.6 cm³/mol. The van der Waals surface area contributed by atoms with Gasteiger partial charge in [0.15, 0.2) is 0 Å². The van der Waals surface area contributed by atoms with E-state index in [9.17, 15) is 9.18 Å². The average Bonchev–Trinajstić information content (AvgIpc) is 2.69. The van der Waals surface area contributed by atoms with Crippen molar-refractivity contribution in [3.63, 3.8) is 0 Å². The number of rotatable bonds is 2. The van der Waals surface area contributed by atoms with E-state index in [1.807, 2.05) is 24.3 Å². The maximum atomic E-state index is 13.3. The van der Waals surface area contributed by atoms with Gasteiger partial charge in [0, 0.05) is 20.5 Å². The Morgan fingerprint density at radius 2 is 1.89 bits per heavy atom. The van der Waals surface area contributed by atoms with Crippen LogP contribution in [0.1, 0.15) is 11.6 Å². The highest BCUT2D eigenvalue weighted by atomic mass is 127. The van der Waals surface area contributed by atoms with E-state index in [-0.39, 0.29) is 11.7 Å². The summed E-state index contributed by atoms with van der Waals surface area (Å²) in [6, 6.07) is 11.4. The molecule has 1 aliphatic heterocycles. The molecule has 1 unspecified atom stereocenters. The highest BCUT2D eigenvalue weighted by molar-refractivity contribution is 14.1. The quantitative estimate of drug-likeness (QED) is 0.797. The van der Waals surface area contributed by atoms with Crippen molar-refractivity contribution in [2.45, 2.75) is 6.04 Å².